The number of aliphatic hydroxyl groups excluding tert-OH is 1. The molecule has 0 saturated heterocycles. The first-order chi connectivity index (χ1) is 12.6. The van der Waals surface area contributed by atoms with Crippen molar-refractivity contribution in [1.82, 2.24) is 9.55 Å². The molecule has 0 aliphatic carbocycles. The third kappa shape index (κ3) is 3.83. The predicted molar refractivity (Wildman–Crippen MR) is 103 cm³/mol. The number of hydrogen-bond acceptors (Lipinski definition) is 4. The lowest BCUT2D eigenvalue weighted by atomic mass is 10.1. The van der Waals surface area contributed by atoms with Crippen LogP contribution in [0.5, 0.6) is 11.5 Å². The van der Waals surface area contributed by atoms with Gasteiger partial charge in [0.15, 0.2) is 11.5 Å². The summed E-state index contributed by atoms with van der Waals surface area (Å²) in [7, 11) is 0. The van der Waals surface area contributed by atoms with Gasteiger partial charge in [-0.25, -0.2) is 4.98 Å². The van der Waals surface area contributed by atoms with Crippen LogP contribution in [0.4, 0.5) is 0 Å². The molecule has 1 N–H and O–H groups in total. The molecule has 0 bridgehead atoms. The zero-order valence-corrected chi connectivity index (χ0v) is 15.7. The Bertz CT molecular complexity index is 886. The van der Waals surface area contributed by atoms with Gasteiger partial charge in [0.25, 0.3) is 0 Å². The highest BCUT2D eigenvalue weighted by atomic mass is 16.5. The smallest absolute Gasteiger partial charge is 0.161 e. The van der Waals surface area contributed by atoms with Gasteiger partial charge in [-0.1, -0.05) is 12.1 Å². The summed E-state index contributed by atoms with van der Waals surface area (Å²) in [5, 5.41) is 9.38. The molecular formula is C21H26N2O3. The number of para-hydroxylation sites is 2. The Labute approximate surface area is 154 Å². The number of ether oxygens (including phenoxy) is 2. The lowest BCUT2D eigenvalue weighted by Crippen LogP contribution is -2.12. The van der Waals surface area contributed by atoms with E-state index in [1.807, 2.05) is 31.2 Å². The molecule has 0 amide bonds. The number of rotatable bonds is 8. The van der Waals surface area contributed by atoms with E-state index in [1.54, 1.807) is 0 Å². The van der Waals surface area contributed by atoms with E-state index in [1.165, 1.54) is 11.1 Å². The number of aromatic nitrogens is 2. The average molecular weight is 354 g/mol. The highest BCUT2D eigenvalue weighted by molar-refractivity contribution is 5.78. The maximum atomic E-state index is 9.38. The molecule has 5 heteroatoms. The van der Waals surface area contributed by atoms with Crippen LogP contribution in [0, 0.1) is 13.8 Å². The van der Waals surface area contributed by atoms with Crippen molar-refractivity contribution in [2.24, 2.45) is 0 Å². The fraction of sp³-hybridized carbons (Fsp3) is 0.381. The molecule has 138 valence electrons. The molecule has 0 spiro atoms. The lowest BCUT2D eigenvalue weighted by Gasteiger charge is -2.13. The molecule has 0 aliphatic heterocycles. The van der Waals surface area contributed by atoms with Gasteiger partial charge in [-0.05, 0) is 56.2 Å². The Balaban J connectivity index is 1.82. The molecule has 0 atom stereocenters. The first kappa shape index (κ1) is 18.3. The first-order valence-electron chi connectivity index (χ1n) is 9.06. The number of imidazole rings is 1. The van der Waals surface area contributed by atoms with Crippen molar-refractivity contribution < 1.29 is 14.6 Å². The van der Waals surface area contributed by atoms with Crippen molar-refractivity contribution in [1.29, 1.82) is 0 Å². The quantitative estimate of drug-likeness (QED) is 0.671. The van der Waals surface area contributed by atoms with Crippen molar-refractivity contribution in [2.75, 3.05) is 19.8 Å². The fourth-order valence-corrected chi connectivity index (χ4v) is 3.06. The Hall–Kier alpha value is -2.53. The van der Waals surface area contributed by atoms with Crippen LogP contribution in [0.2, 0.25) is 0 Å². The predicted octanol–water partition coefficient (Wildman–Crippen LogP) is 3.67. The molecule has 0 radical (unpaired) electrons. The molecule has 26 heavy (non-hydrogen) atoms. The minimum absolute atomic E-state index is 0.0787. The topological polar surface area (TPSA) is 56.5 Å². The van der Waals surface area contributed by atoms with Crippen LogP contribution in [-0.4, -0.2) is 34.5 Å². The van der Waals surface area contributed by atoms with Gasteiger partial charge < -0.3 is 19.1 Å². The van der Waals surface area contributed by atoms with Crippen molar-refractivity contribution in [3.8, 4) is 11.5 Å². The molecule has 3 aromatic rings. The molecule has 1 heterocycles. The van der Waals surface area contributed by atoms with Gasteiger partial charge in [0, 0.05) is 6.42 Å². The summed E-state index contributed by atoms with van der Waals surface area (Å²) >= 11 is 0. The van der Waals surface area contributed by atoms with E-state index in [4.69, 9.17) is 14.5 Å². The third-order valence-corrected chi connectivity index (χ3v) is 4.50. The third-order valence-electron chi connectivity index (χ3n) is 4.50. The summed E-state index contributed by atoms with van der Waals surface area (Å²) in [6, 6.07) is 12.0. The SMILES string of the molecule is CCOc1ccccc1OCCn1c(CCO)nc2cc(C)c(C)cc21. The van der Waals surface area contributed by atoms with Crippen molar-refractivity contribution in [3.05, 3.63) is 53.3 Å². The highest BCUT2D eigenvalue weighted by Gasteiger charge is 2.12. The number of fused-ring (bicyclic) bond motifs is 1. The van der Waals surface area contributed by atoms with Gasteiger partial charge in [0.2, 0.25) is 0 Å². The Morgan fingerprint density at radius 3 is 2.42 bits per heavy atom. The van der Waals surface area contributed by atoms with Gasteiger partial charge in [0.1, 0.15) is 12.4 Å². The molecule has 5 nitrogen and oxygen atoms in total. The van der Waals surface area contributed by atoms with Crippen LogP contribution >= 0.6 is 0 Å². The zero-order valence-electron chi connectivity index (χ0n) is 15.7. The summed E-state index contributed by atoms with van der Waals surface area (Å²) in [4.78, 5) is 4.70. The molecule has 0 fully saturated rings. The molecule has 0 aliphatic rings. The fourth-order valence-electron chi connectivity index (χ4n) is 3.06. The lowest BCUT2D eigenvalue weighted by molar-refractivity contribution is 0.263. The minimum Gasteiger partial charge on any atom is -0.490 e. The van der Waals surface area contributed by atoms with Crippen LogP contribution in [0.1, 0.15) is 23.9 Å². The van der Waals surface area contributed by atoms with Crippen LogP contribution in [0.15, 0.2) is 36.4 Å². The molecule has 0 unspecified atom stereocenters. The number of aliphatic hydroxyl groups is 1. The second kappa shape index (κ2) is 8.23. The Kier molecular flexibility index (Phi) is 5.78. The number of hydrogen-bond donors (Lipinski definition) is 1. The normalized spacial score (nSPS) is 11.1. The number of nitrogens with zero attached hydrogens (tertiary/aromatic N) is 2. The molecule has 3 rings (SSSR count). The summed E-state index contributed by atoms with van der Waals surface area (Å²) in [5.74, 6) is 2.39. The van der Waals surface area contributed by atoms with Gasteiger partial charge in [-0.2, -0.15) is 0 Å². The summed E-state index contributed by atoms with van der Waals surface area (Å²) < 4.78 is 13.7. The van der Waals surface area contributed by atoms with Gasteiger partial charge in [-0.3, -0.25) is 0 Å². The van der Waals surface area contributed by atoms with Crippen LogP contribution in [0.25, 0.3) is 11.0 Å². The largest absolute Gasteiger partial charge is 0.490 e. The van der Waals surface area contributed by atoms with Crippen LogP contribution in [-0.2, 0) is 13.0 Å². The van der Waals surface area contributed by atoms with E-state index in [0.717, 1.165) is 28.4 Å². The highest BCUT2D eigenvalue weighted by Crippen LogP contribution is 2.27. The van der Waals surface area contributed by atoms with E-state index < -0.39 is 0 Å². The number of aryl methyl sites for hydroxylation is 2. The van der Waals surface area contributed by atoms with Crippen molar-refractivity contribution in [3.63, 3.8) is 0 Å². The zero-order chi connectivity index (χ0) is 18.5. The maximum absolute atomic E-state index is 9.38. The van der Waals surface area contributed by atoms with E-state index in [0.29, 0.717) is 26.2 Å². The average Bonchev–Trinajstić information content (AvgIpc) is 2.94. The van der Waals surface area contributed by atoms with Crippen LogP contribution < -0.4 is 9.47 Å². The Morgan fingerprint density at radius 2 is 1.73 bits per heavy atom. The number of benzene rings is 2. The second-order valence-electron chi connectivity index (χ2n) is 6.31. The molecule has 0 saturated carbocycles. The van der Waals surface area contributed by atoms with E-state index >= 15 is 0 Å². The Morgan fingerprint density at radius 1 is 1.04 bits per heavy atom. The molecule has 2 aromatic carbocycles. The molecule has 1 aromatic heterocycles. The van der Waals surface area contributed by atoms with E-state index in [-0.39, 0.29) is 6.61 Å². The van der Waals surface area contributed by atoms with Gasteiger partial charge >= 0.3 is 0 Å². The van der Waals surface area contributed by atoms with Gasteiger partial charge in [0.05, 0.1) is 30.8 Å². The minimum atomic E-state index is 0.0787. The molecular weight excluding hydrogens is 328 g/mol. The van der Waals surface area contributed by atoms with E-state index in [9.17, 15) is 5.11 Å². The van der Waals surface area contributed by atoms with Crippen molar-refractivity contribution >= 4 is 11.0 Å². The summed E-state index contributed by atoms with van der Waals surface area (Å²) in [5.41, 5.74) is 4.50. The second-order valence-corrected chi connectivity index (χ2v) is 6.31. The first-order valence-corrected chi connectivity index (χ1v) is 9.06. The van der Waals surface area contributed by atoms with Crippen molar-refractivity contribution in [2.45, 2.75) is 33.7 Å². The van der Waals surface area contributed by atoms with Crippen LogP contribution in [0.3, 0.4) is 0 Å². The monoisotopic (exact) mass is 354 g/mol. The van der Waals surface area contributed by atoms with Gasteiger partial charge in [-0.15, -0.1) is 0 Å². The van der Waals surface area contributed by atoms with E-state index in [2.05, 4.69) is 30.5 Å². The summed E-state index contributed by atoms with van der Waals surface area (Å²) in [6.45, 7) is 8.00. The summed E-state index contributed by atoms with van der Waals surface area (Å²) in [6.07, 6.45) is 0.530. The maximum Gasteiger partial charge on any atom is 0.161 e. The standard InChI is InChI=1S/C21H26N2O3/c1-4-25-19-7-5-6-8-20(19)26-12-10-23-18-14-16(3)15(2)13-17(18)22-21(23)9-11-24/h5-8,13-14,24H,4,9-12H2,1-3H3.